The second-order valence-corrected chi connectivity index (χ2v) is 1.64. The van der Waals surface area contributed by atoms with Crippen molar-refractivity contribution >= 4 is 29.7 Å². The molecule has 0 fully saturated rings. The lowest BCUT2D eigenvalue weighted by Gasteiger charge is -1.88. The summed E-state index contributed by atoms with van der Waals surface area (Å²) in [4.78, 5) is 9.72. The maximum absolute atomic E-state index is 9.72. The third-order valence-electron chi connectivity index (χ3n) is 0.318. The minimum absolute atomic E-state index is 0.333. The van der Waals surface area contributed by atoms with E-state index in [-0.39, 0.29) is 0 Å². The molecule has 0 aliphatic heterocycles. The molecule has 0 rings (SSSR count). The molecule has 0 bridgehead atoms. The Labute approximate surface area is 52.2 Å². The molecule has 0 aromatic carbocycles. The molecule has 4 heteroatoms. The van der Waals surface area contributed by atoms with Crippen LogP contribution in [0.3, 0.4) is 0 Å². The molecular weight excluding hydrogens is 136 g/mol. The molecule has 2 nitrogen and oxygen atoms in total. The van der Waals surface area contributed by atoms with Crippen LogP contribution in [-0.4, -0.2) is 17.8 Å². The number of hydrogen-bond acceptors (Lipinski definition) is 2. The van der Waals surface area contributed by atoms with Gasteiger partial charge in [0.1, 0.15) is 12.4 Å². The van der Waals surface area contributed by atoms with Crippen molar-refractivity contribution in [2.24, 2.45) is 0 Å². The molecule has 0 N–H and O–H groups in total. The second kappa shape index (κ2) is 4.27. The molecule has 0 aromatic rings. The Morgan fingerprint density at radius 3 is 2.57 bits per heavy atom. The van der Waals surface area contributed by atoms with Gasteiger partial charge >= 0.3 is 5.43 Å². The van der Waals surface area contributed by atoms with E-state index < -0.39 is 5.43 Å². The molecule has 0 radical (unpaired) electrons. The normalized spacial score (nSPS) is 8.29. The van der Waals surface area contributed by atoms with Gasteiger partial charge in [0.25, 0.3) is 0 Å². The Hall–Kier alpha value is 0.110. The summed E-state index contributed by atoms with van der Waals surface area (Å²) in [5.74, 6) is 0.623. The van der Waals surface area contributed by atoms with Gasteiger partial charge in [0.2, 0.25) is 0 Å². The molecular formula is C3H6ClO2S+. The van der Waals surface area contributed by atoms with Crippen molar-refractivity contribution in [3.05, 3.63) is 0 Å². The molecule has 42 valence electrons. The van der Waals surface area contributed by atoms with Crippen LogP contribution in [0, 0.1) is 0 Å². The lowest BCUT2D eigenvalue weighted by Crippen LogP contribution is -1.98. The van der Waals surface area contributed by atoms with Crippen LogP contribution < -0.4 is 0 Å². The van der Waals surface area contributed by atoms with Crippen LogP contribution >= 0.6 is 11.6 Å². The fourth-order valence-corrected chi connectivity index (χ4v) is 0.310. The van der Waals surface area contributed by atoms with Gasteiger partial charge in [0.05, 0.1) is 0 Å². The topological polar surface area (TPSA) is 26.3 Å². The number of rotatable bonds is 2. The average molecular weight is 142 g/mol. The zero-order valence-corrected chi connectivity index (χ0v) is 5.36. The Morgan fingerprint density at radius 1 is 1.86 bits per heavy atom. The maximum atomic E-state index is 9.72. The monoisotopic (exact) mass is 141 g/mol. The number of hydrogen-bond donors (Lipinski definition) is 0. The molecule has 7 heavy (non-hydrogen) atoms. The SMILES string of the molecule is O=C(Cl)OCC[SH2+]. The van der Waals surface area contributed by atoms with Crippen LogP contribution in [0.25, 0.3) is 0 Å². The predicted molar refractivity (Wildman–Crippen MR) is 32.2 cm³/mol. The first-order valence-electron chi connectivity index (χ1n) is 1.74. The molecule has 0 amide bonds. The van der Waals surface area contributed by atoms with Gasteiger partial charge in [-0.2, -0.15) is 0 Å². The Morgan fingerprint density at radius 2 is 2.43 bits per heavy atom. The van der Waals surface area contributed by atoms with Crippen LogP contribution in [0.1, 0.15) is 0 Å². The Kier molecular flexibility index (Phi) is 4.34. The van der Waals surface area contributed by atoms with Crippen molar-refractivity contribution < 1.29 is 9.53 Å². The summed E-state index contributed by atoms with van der Waals surface area (Å²) in [7, 11) is 0. The van der Waals surface area contributed by atoms with Crippen LogP contribution in [0.2, 0.25) is 0 Å². The molecule has 0 spiro atoms. The van der Waals surface area contributed by atoms with Gasteiger partial charge < -0.3 is 4.74 Å². The maximum Gasteiger partial charge on any atom is 0.403 e. The van der Waals surface area contributed by atoms with E-state index in [1.165, 1.54) is 0 Å². The molecule has 0 aliphatic rings. The van der Waals surface area contributed by atoms with Crippen molar-refractivity contribution in [1.29, 1.82) is 0 Å². The van der Waals surface area contributed by atoms with Crippen molar-refractivity contribution in [3.63, 3.8) is 0 Å². The molecule has 0 aromatic heterocycles. The summed E-state index contributed by atoms with van der Waals surface area (Å²) < 4.78 is 4.27. The van der Waals surface area contributed by atoms with E-state index in [2.05, 4.69) is 17.4 Å². The standard InChI is InChI=1S/C3H5ClO2S/c4-3(5)6-1-2-7/h7H,1-2H2/p+1. The Bertz CT molecular complexity index is 66.0. The first-order valence-corrected chi connectivity index (χ1v) is 2.82. The first kappa shape index (κ1) is 7.11. The largest absolute Gasteiger partial charge is 0.449 e. The number of ether oxygens (including phenoxy) is 1. The van der Waals surface area contributed by atoms with Crippen LogP contribution in [0.5, 0.6) is 0 Å². The summed E-state index contributed by atoms with van der Waals surface area (Å²) in [6.45, 7) is 0.333. The average Bonchev–Trinajstić information content (AvgIpc) is 1.61. The molecule has 0 saturated carbocycles. The third kappa shape index (κ3) is 6.11. The summed E-state index contributed by atoms with van der Waals surface area (Å²) >= 11 is 7.86. The highest BCUT2D eigenvalue weighted by atomic mass is 35.5. The van der Waals surface area contributed by atoms with E-state index in [4.69, 9.17) is 11.6 Å². The summed E-state index contributed by atoms with van der Waals surface area (Å²) in [6, 6.07) is 0. The zero-order valence-electron chi connectivity index (χ0n) is 3.61. The minimum Gasteiger partial charge on any atom is -0.449 e. The molecule has 0 unspecified atom stereocenters. The predicted octanol–water partition coefficient (Wildman–Crippen LogP) is 0.373. The van der Waals surface area contributed by atoms with Gasteiger partial charge in [-0.3, -0.25) is 0 Å². The summed E-state index contributed by atoms with van der Waals surface area (Å²) in [5, 5.41) is 0. The third-order valence-corrected chi connectivity index (χ3v) is 0.631. The van der Waals surface area contributed by atoms with Crippen molar-refractivity contribution in [3.8, 4) is 0 Å². The summed E-state index contributed by atoms with van der Waals surface area (Å²) in [5.41, 5.74) is -0.752. The zero-order chi connectivity index (χ0) is 5.70. The van der Waals surface area contributed by atoms with Crippen molar-refractivity contribution in [2.75, 3.05) is 12.4 Å². The van der Waals surface area contributed by atoms with E-state index >= 15 is 0 Å². The van der Waals surface area contributed by atoms with Gasteiger partial charge in [0.15, 0.2) is 0 Å². The lowest BCUT2D eigenvalue weighted by atomic mass is 10.9. The van der Waals surface area contributed by atoms with Gasteiger partial charge in [0, 0.05) is 11.6 Å². The molecule has 0 heterocycles. The van der Waals surface area contributed by atoms with E-state index in [0.717, 1.165) is 0 Å². The van der Waals surface area contributed by atoms with E-state index in [1.807, 2.05) is 0 Å². The highest BCUT2D eigenvalue weighted by molar-refractivity contribution is 7.58. The molecule has 0 aliphatic carbocycles. The van der Waals surface area contributed by atoms with Gasteiger partial charge in [-0.25, -0.2) is 4.79 Å². The number of halogens is 1. The van der Waals surface area contributed by atoms with Gasteiger partial charge in [-0.1, -0.05) is 0 Å². The van der Waals surface area contributed by atoms with E-state index in [0.29, 0.717) is 12.4 Å². The van der Waals surface area contributed by atoms with E-state index in [9.17, 15) is 4.79 Å². The smallest absolute Gasteiger partial charge is 0.403 e. The fraction of sp³-hybridized carbons (Fsp3) is 0.667. The quantitative estimate of drug-likeness (QED) is 0.411. The van der Waals surface area contributed by atoms with E-state index in [1.54, 1.807) is 0 Å². The minimum atomic E-state index is -0.752. The fourth-order valence-electron chi connectivity index (χ4n) is 0.131. The highest BCUT2D eigenvalue weighted by Gasteiger charge is 1.91. The highest BCUT2D eigenvalue weighted by Crippen LogP contribution is 1.83. The lowest BCUT2D eigenvalue weighted by molar-refractivity contribution is 0.181. The van der Waals surface area contributed by atoms with Gasteiger partial charge in [-0.05, 0) is 12.6 Å². The van der Waals surface area contributed by atoms with Gasteiger partial charge in [-0.15, -0.1) is 0 Å². The summed E-state index contributed by atoms with van der Waals surface area (Å²) in [6.07, 6.45) is 0. The van der Waals surface area contributed by atoms with Crippen molar-refractivity contribution in [1.82, 2.24) is 0 Å². The van der Waals surface area contributed by atoms with Crippen LogP contribution in [0.15, 0.2) is 0 Å². The van der Waals surface area contributed by atoms with Crippen molar-refractivity contribution in [2.45, 2.75) is 0 Å². The number of carbonyl (C=O) groups excluding carboxylic acids is 1. The van der Waals surface area contributed by atoms with Crippen LogP contribution in [0.4, 0.5) is 4.79 Å². The Balaban J connectivity index is 2.82. The van der Waals surface area contributed by atoms with Crippen LogP contribution in [-0.2, 0) is 17.4 Å². The first-order chi connectivity index (χ1) is 3.27. The molecule has 0 saturated heterocycles. The second-order valence-electron chi connectivity index (χ2n) is 0.836. The number of carbonyl (C=O) groups is 1. The molecule has 0 atom stereocenters.